The molecule has 9 heteroatoms. The molecule has 0 aromatic heterocycles. The van der Waals surface area contributed by atoms with E-state index < -0.39 is 18.1 Å². The van der Waals surface area contributed by atoms with Gasteiger partial charge < -0.3 is 15.6 Å². The van der Waals surface area contributed by atoms with Gasteiger partial charge in [0.15, 0.2) is 0 Å². The number of rotatable bonds is 4. The first kappa shape index (κ1) is 22.1. The molecule has 0 heterocycles. The molecule has 0 fully saturated rings. The van der Waals surface area contributed by atoms with Gasteiger partial charge in [0.1, 0.15) is 11.6 Å². The Morgan fingerprint density at radius 2 is 1.67 bits per heavy atom. The predicted molar refractivity (Wildman–Crippen MR) is 88.8 cm³/mol. The van der Waals surface area contributed by atoms with Crippen molar-refractivity contribution in [2.45, 2.75) is 26.1 Å². The van der Waals surface area contributed by atoms with Crippen molar-refractivity contribution in [3.63, 3.8) is 0 Å². The number of carboxylic acid groups (broad SMARTS) is 1. The molecule has 0 aliphatic carbocycles. The second-order valence-electron chi connectivity index (χ2n) is 5.20. The summed E-state index contributed by atoms with van der Waals surface area (Å²) in [6.07, 6.45) is -4.49. The Bertz CT molecular complexity index is 789. The molecular weight excluding hydrogens is 370 g/mol. The number of carbonyl (C=O) groups excluding carboxylic acids is 1. The lowest BCUT2D eigenvalue weighted by Gasteiger charge is -2.06. The third-order valence-corrected chi connectivity index (χ3v) is 3.28. The van der Waals surface area contributed by atoms with Gasteiger partial charge in [-0.3, -0.25) is 0 Å². The fraction of sp³-hybridized carbons (Fsp3) is 0.222. The van der Waals surface area contributed by atoms with Gasteiger partial charge in [-0.1, -0.05) is 25.1 Å². The zero-order chi connectivity index (χ0) is 20.6. The van der Waals surface area contributed by atoms with Gasteiger partial charge >= 0.3 is 18.1 Å². The third-order valence-electron chi connectivity index (χ3n) is 3.28. The highest BCUT2D eigenvalue weighted by Gasteiger charge is 2.38. The number of nitrogens with two attached hydrogens (primary N) is 1. The Balaban J connectivity index is 0.000000445. The van der Waals surface area contributed by atoms with Crippen LogP contribution in [0, 0.1) is 5.82 Å². The minimum Gasteiger partial charge on any atom is -0.475 e. The van der Waals surface area contributed by atoms with Gasteiger partial charge in [-0.2, -0.15) is 13.2 Å². The lowest BCUT2D eigenvalue weighted by Crippen LogP contribution is -2.21. The number of halogens is 4. The van der Waals surface area contributed by atoms with E-state index in [4.69, 9.17) is 20.4 Å². The van der Waals surface area contributed by atoms with Crippen LogP contribution < -0.4 is 10.5 Å². The van der Waals surface area contributed by atoms with Crippen LogP contribution in [-0.2, 0) is 17.8 Å². The molecule has 5 nitrogen and oxygen atoms in total. The van der Waals surface area contributed by atoms with Crippen molar-refractivity contribution >= 4 is 11.9 Å². The van der Waals surface area contributed by atoms with Crippen LogP contribution in [0.3, 0.4) is 0 Å². The fourth-order valence-corrected chi connectivity index (χ4v) is 1.82. The monoisotopic (exact) mass is 387 g/mol. The molecular formula is C18H17F4NO4. The maximum atomic E-state index is 13.6. The van der Waals surface area contributed by atoms with Crippen molar-refractivity contribution in [1.29, 1.82) is 0 Å². The van der Waals surface area contributed by atoms with E-state index in [1.165, 1.54) is 6.07 Å². The number of aliphatic carboxylic acids is 1. The first-order chi connectivity index (χ1) is 12.6. The van der Waals surface area contributed by atoms with Crippen molar-refractivity contribution in [2.75, 3.05) is 0 Å². The molecule has 0 bridgehead atoms. The van der Waals surface area contributed by atoms with Gasteiger partial charge in [0.05, 0.1) is 5.56 Å². The smallest absolute Gasteiger partial charge is 0.475 e. The molecule has 0 atom stereocenters. The summed E-state index contributed by atoms with van der Waals surface area (Å²) >= 11 is 0. The zero-order valence-electron chi connectivity index (χ0n) is 14.2. The molecule has 2 aromatic carbocycles. The van der Waals surface area contributed by atoms with E-state index in [9.17, 15) is 22.4 Å². The number of carbonyl (C=O) groups is 2. The summed E-state index contributed by atoms with van der Waals surface area (Å²) in [5.41, 5.74) is 7.42. The number of hydrogen-bond donors (Lipinski definition) is 2. The van der Waals surface area contributed by atoms with Gasteiger partial charge in [-0.25, -0.2) is 14.0 Å². The molecule has 3 N–H and O–H groups in total. The van der Waals surface area contributed by atoms with Crippen molar-refractivity contribution < 1.29 is 37.0 Å². The van der Waals surface area contributed by atoms with Crippen LogP contribution >= 0.6 is 0 Å². The average molecular weight is 387 g/mol. The van der Waals surface area contributed by atoms with Crippen LogP contribution in [0.25, 0.3) is 0 Å². The number of alkyl halides is 3. The molecule has 2 rings (SSSR count). The summed E-state index contributed by atoms with van der Waals surface area (Å²) in [6.45, 7) is 2.28. The largest absolute Gasteiger partial charge is 0.490 e. The average Bonchev–Trinajstić information content (AvgIpc) is 2.61. The first-order valence-electron chi connectivity index (χ1n) is 7.68. The highest BCUT2D eigenvalue weighted by molar-refractivity contribution is 5.91. The predicted octanol–water partition coefficient (Wildman–Crippen LogP) is 3.70. The van der Waals surface area contributed by atoms with Gasteiger partial charge in [-0.15, -0.1) is 0 Å². The molecule has 0 amide bonds. The number of aryl methyl sites for hydroxylation is 1. The number of carboxylic acids is 1. The lowest BCUT2D eigenvalue weighted by molar-refractivity contribution is -0.192. The highest BCUT2D eigenvalue weighted by Crippen LogP contribution is 2.18. The van der Waals surface area contributed by atoms with Crippen LogP contribution in [0.15, 0.2) is 42.5 Å². The van der Waals surface area contributed by atoms with Gasteiger partial charge in [0, 0.05) is 12.6 Å². The summed E-state index contributed by atoms with van der Waals surface area (Å²) in [5, 5.41) is 7.12. The summed E-state index contributed by atoms with van der Waals surface area (Å²) in [7, 11) is 0. The zero-order valence-corrected chi connectivity index (χ0v) is 14.2. The normalized spacial score (nSPS) is 10.6. The number of benzene rings is 2. The van der Waals surface area contributed by atoms with Crippen molar-refractivity contribution in [3.8, 4) is 5.75 Å². The standard InChI is InChI=1S/C16H16FNO2.C2HF3O2/c1-2-12-7-8-14(9-15(12)17)20-16(19)13-5-3-11(10-18)4-6-13;3-2(4,5)1(6)7/h3-9H,2,10,18H2,1H3;(H,6,7). The summed E-state index contributed by atoms with van der Waals surface area (Å²) in [4.78, 5) is 20.8. The van der Waals surface area contributed by atoms with E-state index >= 15 is 0 Å². The maximum absolute atomic E-state index is 13.6. The Labute approximate surface area is 152 Å². The summed E-state index contributed by atoms with van der Waals surface area (Å²) in [5.74, 6) is -3.44. The molecule has 27 heavy (non-hydrogen) atoms. The highest BCUT2D eigenvalue weighted by atomic mass is 19.4. The second-order valence-corrected chi connectivity index (χ2v) is 5.20. The summed E-state index contributed by atoms with van der Waals surface area (Å²) in [6, 6.07) is 11.2. The Morgan fingerprint density at radius 3 is 2.07 bits per heavy atom. The molecule has 2 aromatic rings. The van der Waals surface area contributed by atoms with Gasteiger partial charge in [0.2, 0.25) is 0 Å². The fourth-order valence-electron chi connectivity index (χ4n) is 1.82. The van der Waals surface area contributed by atoms with E-state index in [0.717, 1.165) is 5.56 Å². The number of esters is 1. The van der Waals surface area contributed by atoms with E-state index in [1.807, 2.05) is 6.92 Å². The molecule has 0 saturated heterocycles. The van der Waals surface area contributed by atoms with Crippen LogP contribution in [0.2, 0.25) is 0 Å². The molecule has 0 aliphatic rings. The second kappa shape index (κ2) is 9.67. The van der Waals surface area contributed by atoms with Crippen LogP contribution in [0.5, 0.6) is 5.75 Å². The van der Waals surface area contributed by atoms with Gasteiger partial charge in [-0.05, 0) is 35.7 Å². The van der Waals surface area contributed by atoms with Crippen LogP contribution in [0.4, 0.5) is 17.6 Å². The Kier molecular flexibility index (Phi) is 7.92. The maximum Gasteiger partial charge on any atom is 0.490 e. The topological polar surface area (TPSA) is 89.6 Å². The molecule has 0 radical (unpaired) electrons. The van der Waals surface area contributed by atoms with Crippen LogP contribution in [0.1, 0.15) is 28.4 Å². The van der Waals surface area contributed by atoms with Crippen molar-refractivity contribution in [2.24, 2.45) is 5.73 Å². The van der Waals surface area contributed by atoms with Crippen molar-refractivity contribution in [1.82, 2.24) is 0 Å². The van der Waals surface area contributed by atoms with E-state index in [0.29, 0.717) is 24.1 Å². The van der Waals surface area contributed by atoms with E-state index in [1.54, 1.807) is 36.4 Å². The van der Waals surface area contributed by atoms with Crippen LogP contribution in [-0.4, -0.2) is 23.2 Å². The van der Waals surface area contributed by atoms with E-state index in [-0.39, 0.29) is 11.6 Å². The third kappa shape index (κ3) is 7.06. The minimum atomic E-state index is -5.08. The molecule has 0 aliphatic heterocycles. The number of hydrogen-bond acceptors (Lipinski definition) is 4. The Hall–Kier alpha value is -2.94. The van der Waals surface area contributed by atoms with Crippen molar-refractivity contribution in [3.05, 3.63) is 65.0 Å². The molecule has 0 unspecified atom stereocenters. The molecule has 0 saturated carbocycles. The quantitative estimate of drug-likeness (QED) is 0.474. The SMILES string of the molecule is CCc1ccc(OC(=O)c2ccc(CN)cc2)cc1F.O=C(O)C(F)(F)F. The van der Waals surface area contributed by atoms with Gasteiger partial charge in [0.25, 0.3) is 0 Å². The van der Waals surface area contributed by atoms with E-state index in [2.05, 4.69) is 0 Å². The minimum absolute atomic E-state index is 0.201. The molecule has 0 spiro atoms. The summed E-state index contributed by atoms with van der Waals surface area (Å²) < 4.78 is 50.5. The number of ether oxygens (including phenoxy) is 1. The first-order valence-corrected chi connectivity index (χ1v) is 7.68. The molecule has 146 valence electrons. The lowest BCUT2D eigenvalue weighted by atomic mass is 10.1. The Morgan fingerprint density at radius 1 is 1.11 bits per heavy atom.